The molecule has 1 aliphatic rings. The van der Waals surface area contributed by atoms with Crippen molar-refractivity contribution in [3.05, 3.63) is 0 Å². The van der Waals surface area contributed by atoms with Crippen LogP contribution in [0.4, 0.5) is 0 Å². The fourth-order valence-electron chi connectivity index (χ4n) is 2.84. The molecule has 108 valence electrons. The van der Waals surface area contributed by atoms with E-state index < -0.39 is 0 Å². The van der Waals surface area contributed by atoms with E-state index in [0.29, 0.717) is 24.8 Å². The Kier molecular flexibility index (Phi) is 8.62. The molecule has 4 heteroatoms. The topological polar surface area (TPSA) is 55.1 Å². The molecule has 0 heterocycles. The third kappa shape index (κ3) is 6.60. The zero-order valence-corrected chi connectivity index (χ0v) is 12.8. The van der Waals surface area contributed by atoms with Gasteiger partial charge in [0.25, 0.3) is 0 Å². The fourth-order valence-corrected chi connectivity index (χ4v) is 2.84. The number of hydrogen-bond donors (Lipinski definition) is 2. The van der Waals surface area contributed by atoms with Gasteiger partial charge in [-0.2, -0.15) is 0 Å². The SMILES string of the molecule is CC(C)CC(CN)NC(=O)CC1CCC(C)C1.Cl. The molecule has 0 spiro atoms. The molecule has 18 heavy (non-hydrogen) atoms. The van der Waals surface area contributed by atoms with E-state index in [1.165, 1.54) is 19.3 Å². The first kappa shape index (κ1) is 17.7. The van der Waals surface area contributed by atoms with Gasteiger partial charge in [-0.3, -0.25) is 4.79 Å². The van der Waals surface area contributed by atoms with E-state index in [1.54, 1.807) is 0 Å². The van der Waals surface area contributed by atoms with Crippen LogP contribution in [0, 0.1) is 17.8 Å². The van der Waals surface area contributed by atoms with Gasteiger partial charge in [-0.1, -0.05) is 27.2 Å². The van der Waals surface area contributed by atoms with E-state index in [2.05, 4.69) is 26.1 Å². The molecule has 0 aromatic rings. The monoisotopic (exact) mass is 276 g/mol. The predicted octanol–water partition coefficient (Wildman–Crippen LogP) is 2.72. The normalized spacial score (nSPS) is 24.7. The van der Waals surface area contributed by atoms with Gasteiger partial charge in [-0.25, -0.2) is 0 Å². The number of carbonyl (C=O) groups is 1. The van der Waals surface area contributed by atoms with Gasteiger partial charge >= 0.3 is 0 Å². The number of halogens is 1. The zero-order valence-electron chi connectivity index (χ0n) is 11.9. The first-order chi connectivity index (χ1) is 8.01. The highest BCUT2D eigenvalue weighted by Gasteiger charge is 2.24. The van der Waals surface area contributed by atoms with E-state index in [4.69, 9.17) is 5.73 Å². The van der Waals surface area contributed by atoms with Crippen molar-refractivity contribution in [2.75, 3.05) is 6.54 Å². The lowest BCUT2D eigenvalue weighted by Crippen LogP contribution is -2.41. The molecule has 1 amide bonds. The summed E-state index contributed by atoms with van der Waals surface area (Å²) in [4.78, 5) is 11.9. The third-order valence-electron chi connectivity index (χ3n) is 3.68. The van der Waals surface area contributed by atoms with Gasteiger partial charge in [-0.15, -0.1) is 12.4 Å². The Hall–Kier alpha value is -0.280. The maximum atomic E-state index is 11.9. The second-order valence-electron chi connectivity index (χ2n) is 6.12. The highest BCUT2D eigenvalue weighted by Crippen LogP contribution is 2.32. The van der Waals surface area contributed by atoms with Crippen LogP contribution in [0.5, 0.6) is 0 Å². The minimum atomic E-state index is 0. The molecule has 3 atom stereocenters. The third-order valence-corrected chi connectivity index (χ3v) is 3.68. The molecule has 1 rings (SSSR count). The molecule has 1 fully saturated rings. The van der Waals surface area contributed by atoms with Gasteiger partial charge in [-0.05, 0) is 37.0 Å². The number of nitrogens with two attached hydrogens (primary N) is 1. The molecular formula is C14H29ClN2O. The van der Waals surface area contributed by atoms with Crippen LogP contribution in [0.25, 0.3) is 0 Å². The number of rotatable bonds is 6. The number of nitrogens with one attached hydrogen (secondary N) is 1. The van der Waals surface area contributed by atoms with Crippen LogP contribution in [0.2, 0.25) is 0 Å². The number of carbonyl (C=O) groups excluding carboxylic acids is 1. The van der Waals surface area contributed by atoms with Crippen LogP contribution in [0.15, 0.2) is 0 Å². The Morgan fingerprint density at radius 3 is 2.50 bits per heavy atom. The Morgan fingerprint density at radius 1 is 1.39 bits per heavy atom. The van der Waals surface area contributed by atoms with E-state index in [-0.39, 0.29) is 24.4 Å². The predicted molar refractivity (Wildman–Crippen MR) is 78.8 cm³/mol. The Bertz CT molecular complexity index is 246. The number of amides is 1. The Balaban J connectivity index is 0.00000289. The number of hydrogen-bond acceptors (Lipinski definition) is 2. The summed E-state index contributed by atoms with van der Waals surface area (Å²) in [7, 11) is 0. The second kappa shape index (κ2) is 8.76. The standard InChI is InChI=1S/C14H28N2O.ClH/c1-10(2)6-13(9-15)16-14(17)8-12-5-4-11(3)7-12;/h10-13H,4-9,15H2,1-3H3,(H,16,17);1H. The van der Waals surface area contributed by atoms with Crippen molar-refractivity contribution < 1.29 is 4.79 Å². The van der Waals surface area contributed by atoms with Crippen LogP contribution in [0.1, 0.15) is 52.9 Å². The molecule has 3 unspecified atom stereocenters. The van der Waals surface area contributed by atoms with Gasteiger partial charge in [0.2, 0.25) is 5.91 Å². The lowest BCUT2D eigenvalue weighted by molar-refractivity contribution is -0.122. The van der Waals surface area contributed by atoms with Gasteiger partial charge in [0.15, 0.2) is 0 Å². The molecule has 0 saturated heterocycles. The largest absolute Gasteiger partial charge is 0.352 e. The summed E-state index contributed by atoms with van der Waals surface area (Å²) in [5, 5.41) is 3.08. The highest BCUT2D eigenvalue weighted by molar-refractivity contribution is 5.85. The smallest absolute Gasteiger partial charge is 0.220 e. The summed E-state index contributed by atoms with van der Waals surface area (Å²) >= 11 is 0. The minimum absolute atomic E-state index is 0. The molecule has 3 nitrogen and oxygen atoms in total. The maximum Gasteiger partial charge on any atom is 0.220 e. The van der Waals surface area contributed by atoms with Crippen LogP contribution >= 0.6 is 12.4 Å². The average molecular weight is 277 g/mol. The summed E-state index contributed by atoms with van der Waals surface area (Å²) in [6.07, 6.45) is 5.38. The second-order valence-corrected chi connectivity index (χ2v) is 6.12. The van der Waals surface area contributed by atoms with Crippen molar-refractivity contribution in [1.29, 1.82) is 0 Å². The molecule has 1 saturated carbocycles. The Morgan fingerprint density at radius 2 is 2.06 bits per heavy atom. The lowest BCUT2D eigenvalue weighted by atomic mass is 10.0. The molecule has 0 radical (unpaired) electrons. The van der Waals surface area contributed by atoms with E-state index >= 15 is 0 Å². The minimum Gasteiger partial charge on any atom is -0.352 e. The fraction of sp³-hybridized carbons (Fsp3) is 0.929. The van der Waals surface area contributed by atoms with Crippen molar-refractivity contribution in [3.63, 3.8) is 0 Å². The van der Waals surface area contributed by atoms with Crippen LogP contribution < -0.4 is 11.1 Å². The summed E-state index contributed by atoms with van der Waals surface area (Å²) < 4.78 is 0. The van der Waals surface area contributed by atoms with Crippen LogP contribution in [-0.4, -0.2) is 18.5 Å². The van der Waals surface area contributed by atoms with Crippen molar-refractivity contribution >= 4 is 18.3 Å². The molecular weight excluding hydrogens is 248 g/mol. The first-order valence-corrected chi connectivity index (χ1v) is 7.00. The lowest BCUT2D eigenvalue weighted by Gasteiger charge is -2.20. The van der Waals surface area contributed by atoms with Crippen molar-refractivity contribution in [3.8, 4) is 0 Å². The van der Waals surface area contributed by atoms with Gasteiger partial charge < -0.3 is 11.1 Å². The van der Waals surface area contributed by atoms with E-state index in [1.807, 2.05) is 0 Å². The summed E-state index contributed by atoms with van der Waals surface area (Å²) in [5.74, 6) is 2.17. The van der Waals surface area contributed by atoms with Crippen molar-refractivity contribution in [2.24, 2.45) is 23.5 Å². The van der Waals surface area contributed by atoms with Gasteiger partial charge in [0, 0.05) is 19.0 Å². The summed E-state index contributed by atoms with van der Waals surface area (Å²) in [5.41, 5.74) is 5.68. The van der Waals surface area contributed by atoms with Gasteiger partial charge in [0.1, 0.15) is 0 Å². The molecule has 3 N–H and O–H groups in total. The summed E-state index contributed by atoms with van der Waals surface area (Å²) in [6.45, 7) is 7.14. The van der Waals surface area contributed by atoms with Crippen LogP contribution in [0.3, 0.4) is 0 Å². The van der Waals surface area contributed by atoms with Crippen molar-refractivity contribution in [1.82, 2.24) is 5.32 Å². The quantitative estimate of drug-likeness (QED) is 0.784. The zero-order chi connectivity index (χ0) is 12.8. The summed E-state index contributed by atoms with van der Waals surface area (Å²) in [6, 6.07) is 0.154. The van der Waals surface area contributed by atoms with E-state index in [9.17, 15) is 4.79 Å². The van der Waals surface area contributed by atoms with Gasteiger partial charge in [0.05, 0.1) is 0 Å². The molecule has 0 bridgehead atoms. The van der Waals surface area contributed by atoms with Crippen LogP contribution in [-0.2, 0) is 4.79 Å². The Labute approximate surface area is 118 Å². The van der Waals surface area contributed by atoms with E-state index in [0.717, 1.165) is 12.3 Å². The maximum absolute atomic E-state index is 11.9. The van der Waals surface area contributed by atoms with Crippen molar-refractivity contribution in [2.45, 2.75) is 58.9 Å². The molecule has 1 aliphatic carbocycles. The molecule has 0 aliphatic heterocycles. The first-order valence-electron chi connectivity index (χ1n) is 7.00. The molecule has 0 aromatic carbocycles. The molecule has 0 aromatic heterocycles. The highest BCUT2D eigenvalue weighted by atomic mass is 35.5. The average Bonchev–Trinajstić information content (AvgIpc) is 2.62.